The van der Waals surface area contributed by atoms with Crippen molar-refractivity contribution < 1.29 is 9.53 Å². The molecule has 0 aliphatic carbocycles. The molecule has 0 amide bonds. The Kier molecular flexibility index (Phi) is 2.75. The third-order valence-corrected chi connectivity index (χ3v) is 2.12. The van der Waals surface area contributed by atoms with E-state index in [0.29, 0.717) is 6.61 Å². The molecule has 0 aromatic heterocycles. The Morgan fingerprint density at radius 3 is 3.00 bits per heavy atom. The minimum Gasteiger partial charge on any atom is -0.465 e. The second-order valence-corrected chi connectivity index (χ2v) is 3.21. The van der Waals surface area contributed by atoms with E-state index < -0.39 is 0 Å². The van der Waals surface area contributed by atoms with Gasteiger partial charge in [0.05, 0.1) is 12.5 Å². The maximum absolute atomic E-state index is 10.7. The van der Waals surface area contributed by atoms with Crippen LogP contribution in [-0.4, -0.2) is 17.0 Å². The number of rotatable bonds is 2. The van der Waals surface area contributed by atoms with Gasteiger partial charge in [0.1, 0.15) is 0 Å². The first-order chi connectivity index (χ1) is 4.34. The van der Waals surface area contributed by atoms with Crippen molar-refractivity contribution >= 4 is 28.6 Å². The number of cyclic esters (lactones) is 1. The number of hydrogen-bond donors (Lipinski definition) is 0. The molecule has 0 N–H and O–H groups in total. The van der Waals surface area contributed by atoms with Crippen molar-refractivity contribution in [1.29, 1.82) is 0 Å². The largest absolute Gasteiger partial charge is 0.465 e. The fraction of sp³-hybridized carbons (Fsp3) is 0.833. The smallest absolute Gasteiger partial charge is 0.309 e. The van der Waals surface area contributed by atoms with E-state index in [0.717, 1.165) is 17.3 Å². The Morgan fingerprint density at radius 1 is 1.78 bits per heavy atom. The van der Waals surface area contributed by atoms with Gasteiger partial charge in [0.2, 0.25) is 0 Å². The summed E-state index contributed by atoms with van der Waals surface area (Å²) in [7, 11) is 0. The number of halogens is 1. The minimum absolute atomic E-state index is 0.00617. The monoisotopic (exact) mass is 240 g/mol. The molecule has 1 aliphatic rings. The molecule has 52 valence electrons. The molecule has 1 unspecified atom stereocenters. The van der Waals surface area contributed by atoms with E-state index in [1.165, 1.54) is 0 Å². The lowest BCUT2D eigenvalue weighted by molar-refractivity contribution is -0.141. The van der Waals surface area contributed by atoms with Crippen LogP contribution in [0.4, 0.5) is 0 Å². The maximum Gasteiger partial charge on any atom is 0.309 e. The molecule has 1 aliphatic heterocycles. The molecule has 1 atom stereocenters. The molecular weight excluding hydrogens is 231 g/mol. The Morgan fingerprint density at radius 2 is 2.56 bits per heavy atom. The average Bonchev–Trinajstić information content (AvgIpc) is 2.18. The van der Waals surface area contributed by atoms with Crippen LogP contribution >= 0.6 is 22.6 Å². The van der Waals surface area contributed by atoms with E-state index in [4.69, 9.17) is 4.74 Å². The van der Waals surface area contributed by atoms with Gasteiger partial charge in [-0.1, -0.05) is 22.6 Å². The summed E-state index contributed by atoms with van der Waals surface area (Å²) in [6.45, 7) is 0.639. The molecule has 0 spiro atoms. The fourth-order valence-electron chi connectivity index (χ4n) is 0.931. The van der Waals surface area contributed by atoms with Gasteiger partial charge in [-0.25, -0.2) is 0 Å². The first kappa shape index (κ1) is 7.31. The van der Waals surface area contributed by atoms with Crippen LogP contribution in [0.25, 0.3) is 0 Å². The van der Waals surface area contributed by atoms with E-state index in [2.05, 4.69) is 22.6 Å². The van der Waals surface area contributed by atoms with E-state index in [1.54, 1.807) is 0 Å². The molecule has 9 heavy (non-hydrogen) atoms. The standard InChI is InChI=1S/C6H9IO2/c7-3-1-5-2-4-9-6(5)8/h5H,1-4H2. The van der Waals surface area contributed by atoms with Gasteiger partial charge in [-0.05, 0) is 12.8 Å². The zero-order valence-corrected chi connectivity index (χ0v) is 7.26. The van der Waals surface area contributed by atoms with Gasteiger partial charge in [-0.2, -0.15) is 0 Å². The normalized spacial score (nSPS) is 26.3. The second kappa shape index (κ2) is 3.39. The molecule has 0 saturated carbocycles. The molecule has 2 nitrogen and oxygen atoms in total. The van der Waals surface area contributed by atoms with Crippen molar-refractivity contribution in [2.75, 3.05) is 11.0 Å². The molecule has 1 heterocycles. The summed E-state index contributed by atoms with van der Waals surface area (Å²) in [5, 5.41) is 0. The van der Waals surface area contributed by atoms with Crippen LogP contribution < -0.4 is 0 Å². The van der Waals surface area contributed by atoms with Crippen LogP contribution in [0.15, 0.2) is 0 Å². The summed E-state index contributed by atoms with van der Waals surface area (Å²) in [6.07, 6.45) is 1.92. The van der Waals surface area contributed by atoms with Crippen molar-refractivity contribution in [3.05, 3.63) is 0 Å². The number of ether oxygens (including phenoxy) is 1. The number of alkyl halides is 1. The average molecular weight is 240 g/mol. The van der Waals surface area contributed by atoms with Crippen molar-refractivity contribution in [2.24, 2.45) is 5.92 Å². The lowest BCUT2D eigenvalue weighted by Crippen LogP contribution is -2.07. The maximum atomic E-state index is 10.7. The van der Waals surface area contributed by atoms with Gasteiger partial charge in [0.25, 0.3) is 0 Å². The first-order valence-corrected chi connectivity index (χ1v) is 4.59. The lowest BCUT2D eigenvalue weighted by Gasteiger charge is -1.98. The van der Waals surface area contributed by atoms with Gasteiger partial charge < -0.3 is 4.74 Å². The van der Waals surface area contributed by atoms with Crippen LogP contribution in [0.2, 0.25) is 0 Å². The Bertz CT molecular complexity index is 114. The van der Waals surface area contributed by atoms with E-state index in [1.807, 2.05) is 0 Å². The van der Waals surface area contributed by atoms with Gasteiger partial charge in [-0.15, -0.1) is 0 Å². The first-order valence-electron chi connectivity index (χ1n) is 3.07. The SMILES string of the molecule is O=C1OCCC1CCI. The third-order valence-electron chi connectivity index (χ3n) is 1.50. The van der Waals surface area contributed by atoms with E-state index in [9.17, 15) is 4.79 Å². The number of carbonyl (C=O) groups excluding carboxylic acids is 1. The second-order valence-electron chi connectivity index (χ2n) is 2.13. The fourth-order valence-corrected chi connectivity index (χ4v) is 1.68. The predicted molar refractivity (Wildman–Crippen MR) is 42.6 cm³/mol. The molecule has 1 fully saturated rings. The minimum atomic E-state index is 0.00617. The van der Waals surface area contributed by atoms with Crippen LogP contribution in [0, 0.1) is 5.92 Å². The van der Waals surface area contributed by atoms with Crippen LogP contribution in [-0.2, 0) is 9.53 Å². The summed E-state index contributed by atoms with van der Waals surface area (Å²) in [4.78, 5) is 10.7. The van der Waals surface area contributed by atoms with Crippen LogP contribution in [0.3, 0.4) is 0 Å². The Balaban J connectivity index is 2.31. The number of esters is 1. The Labute approximate surface area is 68.1 Å². The molecule has 1 saturated heterocycles. The predicted octanol–water partition coefficient (Wildman–Crippen LogP) is 1.37. The number of hydrogen-bond acceptors (Lipinski definition) is 2. The summed E-state index contributed by atoms with van der Waals surface area (Å²) < 4.78 is 5.83. The van der Waals surface area contributed by atoms with Crippen molar-refractivity contribution in [3.8, 4) is 0 Å². The summed E-state index contributed by atoms with van der Waals surface area (Å²) in [5.74, 6) is 0.216. The Hall–Kier alpha value is 0.200. The zero-order valence-electron chi connectivity index (χ0n) is 5.10. The van der Waals surface area contributed by atoms with Gasteiger partial charge in [0, 0.05) is 4.43 Å². The van der Waals surface area contributed by atoms with Crippen LogP contribution in [0.5, 0.6) is 0 Å². The molecule has 0 aromatic rings. The zero-order chi connectivity index (χ0) is 6.69. The van der Waals surface area contributed by atoms with Crippen molar-refractivity contribution in [2.45, 2.75) is 12.8 Å². The molecule has 0 radical (unpaired) electrons. The summed E-state index contributed by atoms with van der Waals surface area (Å²) in [5.41, 5.74) is 0. The van der Waals surface area contributed by atoms with Gasteiger partial charge >= 0.3 is 5.97 Å². The highest BCUT2D eigenvalue weighted by Crippen LogP contribution is 2.18. The highest BCUT2D eigenvalue weighted by Gasteiger charge is 2.24. The van der Waals surface area contributed by atoms with E-state index in [-0.39, 0.29) is 11.9 Å². The highest BCUT2D eigenvalue weighted by atomic mass is 127. The van der Waals surface area contributed by atoms with E-state index >= 15 is 0 Å². The molecular formula is C6H9IO2. The molecule has 1 rings (SSSR count). The molecule has 0 aromatic carbocycles. The molecule has 0 bridgehead atoms. The molecule has 3 heteroatoms. The quantitative estimate of drug-likeness (QED) is 0.414. The highest BCUT2D eigenvalue weighted by molar-refractivity contribution is 14.1. The van der Waals surface area contributed by atoms with Crippen molar-refractivity contribution in [1.82, 2.24) is 0 Å². The topological polar surface area (TPSA) is 26.3 Å². The summed E-state index contributed by atoms with van der Waals surface area (Å²) in [6, 6.07) is 0. The van der Waals surface area contributed by atoms with Gasteiger partial charge in [0.15, 0.2) is 0 Å². The van der Waals surface area contributed by atoms with Gasteiger partial charge in [-0.3, -0.25) is 4.79 Å². The number of carbonyl (C=O) groups is 1. The third kappa shape index (κ3) is 1.81. The van der Waals surface area contributed by atoms with Crippen LogP contribution in [0.1, 0.15) is 12.8 Å². The van der Waals surface area contributed by atoms with Crippen molar-refractivity contribution in [3.63, 3.8) is 0 Å². The summed E-state index contributed by atoms with van der Waals surface area (Å²) >= 11 is 2.28. The lowest BCUT2D eigenvalue weighted by atomic mass is 10.1.